The van der Waals surface area contributed by atoms with Crippen LogP contribution in [-0.2, 0) is 4.79 Å². The molecule has 1 N–H and O–H groups in total. The third kappa shape index (κ3) is 2.91. The molecule has 1 aliphatic rings. The van der Waals surface area contributed by atoms with Crippen LogP contribution in [-0.4, -0.2) is 49.5 Å². The number of aromatic nitrogens is 3. The Labute approximate surface area is 120 Å². The lowest BCUT2D eigenvalue weighted by atomic mass is 10.3. The Morgan fingerprint density at radius 2 is 2.00 bits per heavy atom. The van der Waals surface area contributed by atoms with Crippen LogP contribution < -0.4 is 0 Å². The minimum Gasteiger partial charge on any atom is -0.480 e. The van der Waals surface area contributed by atoms with Gasteiger partial charge in [0, 0.05) is 6.04 Å². The van der Waals surface area contributed by atoms with E-state index in [1.165, 1.54) is 15.8 Å². The average Bonchev–Trinajstić information content (AvgIpc) is 3.21. The molecule has 0 radical (unpaired) electrons. The molecule has 1 amide bonds. The molecule has 0 saturated heterocycles. The van der Waals surface area contributed by atoms with E-state index in [1.807, 2.05) is 30.3 Å². The smallest absolute Gasteiger partial charge is 0.323 e. The topological polar surface area (TPSA) is 88.3 Å². The summed E-state index contributed by atoms with van der Waals surface area (Å²) in [6, 6.07) is 9.31. The molecule has 1 heterocycles. The summed E-state index contributed by atoms with van der Waals surface area (Å²) in [7, 11) is 0. The molecule has 7 nitrogen and oxygen atoms in total. The molecule has 108 valence electrons. The van der Waals surface area contributed by atoms with Crippen LogP contribution in [0.25, 0.3) is 5.69 Å². The summed E-state index contributed by atoms with van der Waals surface area (Å²) in [4.78, 5) is 24.6. The van der Waals surface area contributed by atoms with Crippen molar-refractivity contribution in [1.82, 2.24) is 19.9 Å². The number of hydrogen-bond donors (Lipinski definition) is 1. The maximum absolute atomic E-state index is 12.4. The zero-order chi connectivity index (χ0) is 14.8. The fourth-order valence-corrected chi connectivity index (χ4v) is 2.11. The van der Waals surface area contributed by atoms with Crippen molar-refractivity contribution in [1.29, 1.82) is 0 Å². The van der Waals surface area contributed by atoms with E-state index >= 15 is 0 Å². The van der Waals surface area contributed by atoms with E-state index < -0.39 is 5.97 Å². The SMILES string of the molecule is O=C(O)CN(C(=O)c1cn(-c2ccccc2)nn1)C1CC1. The molecular weight excluding hydrogens is 272 g/mol. The number of amides is 1. The number of hydrogen-bond acceptors (Lipinski definition) is 4. The van der Waals surface area contributed by atoms with Crippen molar-refractivity contribution in [3.8, 4) is 5.69 Å². The van der Waals surface area contributed by atoms with Gasteiger partial charge >= 0.3 is 5.97 Å². The summed E-state index contributed by atoms with van der Waals surface area (Å²) in [6.45, 7) is -0.304. The molecule has 0 aliphatic heterocycles. The third-order valence-electron chi connectivity index (χ3n) is 3.29. The van der Waals surface area contributed by atoms with Gasteiger partial charge < -0.3 is 10.0 Å². The molecule has 1 saturated carbocycles. The van der Waals surface area contributed by atoms with Crippen molar-refractivity contribution in [2.75, 3.05) is 6.54 Å². The lowest BCUT2D eigenvalue weighted by molar-refractivity contribution is -0.137. The van der Waals surface area contributed by atoms with Gasteiger partial charge in [0.05, 0.1) is 11.9 Å². The van der Waals surface area contributed by atoms with Gasteiger partial charge in [-0.15, -0.1) is 5.10 Å². The summed E-state index contributed by atoms with van der Waals surface area (Å²) >= 11 is 0. The summed E-state index contributed by atoms with van der Waals surface area (Å²) in [6.07, 6.45) is 3.20. The van der Waals surface area contributed by atoms with E-state index in [9.17, 15) is 9.59 Å². The summed E-state index contributed by atoms with van der Waals surface area (Å²) < 4.78 is 1.50. The summed E-state index contributed by atoms with van der Waals surface area (Å²) in [5.41, 5.74) is 0.951. The second-order valence-corrected chi connectivity index (χ2v) is 4.94. The van der Waals surface area contributed by atoms with Gasteiger partial charge in [-0.2, -0.15) is 0 Å². The lowest BCUT2D eigenvalue weighted by Gasteiger charge is -2.18. The van der Waals surface area contributed by atoms with Gasteiger partial charge in [-0.3, -0.25) is 9.59 Å². The monoisotopic (exact) mass is 286 g/mol. The maximum atomic E-state index is 12.4. The Morgan fingerprint density at radius 3 is 2.62 bits per heavy atom. The molecule has 21 heavy (non-hydrogen) atoms. The number of benzene rings is 1. The lowest BCUT2D eigenvalue weighted by Crippen LogP contribution is -2.37. The van der Waals surface area contributed by atoms with Gasteiger partial charge in [0.25, 0.3) is 5.91 Å². The fourth-order valence-electron chi connectivity index (χ4n) is 2.11. The predicted octanol–water partition coefficient (Wildman–Crippen LogP) is 0.956. The van der Waals surface area contributed by atoms with E-state index in [2.05, 4.69) is 10.3 Å². The van der Waals surface area contributed by atoms with E-state index in [0.717, 1.165) is 18.5 Å². The third-order valence-corrected chi connectivity index (χ3v) is 3.29. The summed E-state index contributed by atoms with van der Waals surface area (Å²) in [5.74, 6) is -1.41. The number of carbonyl (C=O) groups excluding carboxylic acids is 1. The second-order valence-electron chi connectivity index (χ2n) is 4.94. The van der Waals surface area contributed by atoms with Crippen molar-refractivity contribution in [2.45, 2.75) is 18.9 Å². The zero-order valence-electron chi connectivity index (χ0n) is 11.2. The van der Waals surface area contributed by atoms with Gasteiger partial charge in [-0.05, 0) is 25.0 Å². The van der Waals surface area contributed by atoms with Crippen molar-refractivity contribution >= 4 is 11.9 Å². The van der Waals surface area contributed by atoms with Crippen LogP contribution in [0.15, 0.2) is 36.5 Å². The zero-order valence-corrected chi connectivity index (χ0v) is 11.2. The van der Waals surface area contributed by atoms with Crippen molar-refractivity contribution in [3.05, 3.63) is 42.2 Å². The van der Waals surface area contributed by atoms with Gasteiger partial charge in [-0.1, -0.05) is 23.4 Å². The van der Waals surface area contributed by atoms with Gasteiger partial charge in [0.1, 0.15) is 6.54 Å². The van der Waals surface area contributed by atoms with Gasteiger partial charge in [0.15, 0.2) is 5.69 Å². The van der Waals surface area contributed by atoms with Crippen LogP contribution in [0.5, 0.6) is 0 Å². The molecule has 2 aromatic rings. The first-order chi connectivity index (χ1) is 10.1. The van der Waals surface area contributed by atoms with Crippen LogP contribution in [0, 0.1) is 0 Å². The Bertz CT molecular complexity index is 664. The van der Waals surface area contributed by atoms with Crippen LogP contribution in [0.3, 0.4) is 0 Å². The van der Waals surface area contributed by atoms with Crippen LogP contribution in [0.4, 0.5) is 0 Å². The number of aliphatic carboxylic acids is 1. The molecular formula is C14H14N4O3. The first kappa shape index (κ1) is 13.3. The van der Waals surface area contributed by atoms with E-state index in [0.29, 0.717) is 0 Å². The fraction of sp³-hybridized carbons (Fsp3) is 0.286. The maximum Gasteiger partial charge on any atom is 0.323 e. The molecule has 0 spiro atoms. The van der Waals surface area contributed by atoms with E-state index in [-0.39, 0.29) is 24.2 Å². The van der Waals surface area contributed by atoms with Gasteiger partial charge in [-0.25, -0.2) is 4.68 Å². The number of para-hydroxylation sites is 1. The Morgan fingerprint density at radius 1 is 1.29 bits per heavy atom. The second kappa shape index (κ2) is 5.35. The number of nitrogens with zero attached hydrogens (tertiary/aromatic N) is 4. The number of carbonyl (C=O) groups is 2. The highest BCUT2D eigenvalue weighted by Crippen LogP contribution is 2.27. The van der Waals surface area contributed by atoms with Crippen molar-refractivity contribution in [2.24, 2.45) is 0 Å². The molecule has 0 unspecified atom stereocenters. The minimum atomic E-state index is -1.02. The molecule has 1 aliphatic carbocycles. The van der Waals surface area contributed by atoms with Crippen molar-refractivity contribution < 1.29 is 14.7 Å². The molecule has 1 aromatic carbocycles. The molecule has 1 aromatic heterocycles. The molecule has 7 heteroatoms. The summed E-state index contributed by atoms with van der Waals surface area (Å²) in [5, 5.41) is 16.7. The van der Waals surface area contributed by atoms with E-state index in [4.69, 9.17) is 5.11 Å². The molecule has 0 bridgehead atoms. The number of carboxylic acid groups (broad SMARTS) is 1. The standard InChI is InChI=1S/C14H14N4O3/c19-13(20)9-17(10-6-7-10)14(21)12-8-18(16-15-12)11-4-2-1-3-5-11/h1-5,8,10H,6-7,9H2,(H,19,20). The number of rotatable bonds is 5. The average molecular weight is 286 g/mol. The molecule has 0 atom stereocenters. The highest BCUT2D eigenvalue weighted by molar-refractivity contribution is 5.94. The predicted molar refractivity (Wildman–Crippen MR) is 73.1 cm³/mol. The quantitative estimate of drug-likeness (QED) is 0.884. The largest absolute Gasteiger partial charge is 0.480 e. The van der Waals surface area contributed by atoms with Crippen molar-refractivity contribution in [3.63, 3.8) is 0 Å². The Kier molecular flexibility index (Phi) is 3.39. The van der Waals surface area contributed by atoms with E-state index in [1.54, 1.807) is 0 Å². The normalized spacial score (nSPS) is 13.9. The Hall–Kier alpha value is -2.70. The first-order valence-corrected chi connectivity index (χ1v) is 6.65. The van der Waals surface area contributed by atoms with Crippen LogP contribution in [0.2, 0.25) is 0 Å². The minimum absolute atomic E-state index is 0.00970. The molecule has 3 rings (SSSR count). The first-order valence-electron chi connectivity index (χ1n) is 6.65. The van der Waals surface area contributed by atoms with Crippen LogP contribution >= 0.6 is 0 Å². The van der Waals surface area contributed by atoms with Gasteiger partial charge in [0.2, 0.25) is 0 Å². The molecule has 1 fully saturated rings. The highest BCUT2D eigenvalue weighted by atomic mass is 16.4. The Balaban J connectivity index is 1.81. The number of carboxylic acids is 1. The van der Waals surface area contributed by atoms with Crippen LogP contribution in [0.1, 0.15) is 23.3 Å². The highest BCUT2D eigenvalue weighted by Gasteiger charge is 2.35.